The number of hydrogen-bond donors (Lipinski definition) is 1. The van der Waals surface area contributed by atoms with Gasteiger partial charge in [-0.1, -0.05) is 0 Å². The van der Waals surface area contributed by atoms with Gasteiger partial charge >= 0.3 is 0 Å². The van der Waals surface area contributed by atoms with E-state index in [9.17, 15) is 0 Å². The van der Waals surface area contributed by atoms with Crippen molar-refractivity contribution in [2.24, 2.45) is 0 Å². The molecule has 1 N–H and O–H groups in total. The quantitative estimate of drug-likeness (QED) is 0.654. The highest BCUT2D eigenvalue weighted by Crippen LogP contribution is 2.12. The van der Waals surface area contributed by atoms with Crippen LogP contribution in [0.4, 0.5) is 0 Å². The van der Waals surface area contributed by atoms with Crippen molar-refractivity contribution in [1.29, 1.82) is 5.26 Å². The maximum atomic E-state index is 8.33. The summed E-state index contributed by atoms with van der Waals surface area (Å²) in [5.41, 5.74) is 0. The average molecular weight is 182 g/mol. The number of nitriles is 1. The normalized spacial score (nSPS) is 27.4. The molecule has 2 unspecified atom stereocenters. The van der Waals surface area contributed by atoms with E-state index in [1.54, 1.807) is 0 Å². The van der Waals surface area contributed by atoms with Crippen molar-refractivity contribution >= 4 is 0 Å². The van der Waals surface area contributed by atoms with Crippen molar-refractivity contribution in [3.05, 3.63) is 0 Å². The minimum Gasteiger partial charge on any atom is -0.377 e. The summed E-state index contributed by atoms with van der Waals surface area (Å²) in [6.07, 6.45) is 4.26. The van der Waals surface area contributed by atoms with Crippen LogP contribution in [0.3, 0.4) is 0 Å². The Labute approximate surface area is 80.1 Å². The summed E-state index contributed by atoms with van der Waals surface area (Å²) in [4.78, 5) is 0. The largest absolute Gasteiger partial charge is 0.377 e. The molecule has 0 radical (unpaired) electrons. The molecule has 2 atom stereocenters. The molecule has 3 heteroatoms. The lowest BCUT2D eigenvalue weighted by atomic mass is 10.1. The van der Waals surface area contributed by atoms with Gasteiger partial charge in [0.05, 0.1) is 12.2 Å². The second-order valence-electron chi connectivity index (χ2n) is 3.54. The minimum atomic E-state index is 0.357. The first-order valence-corrected chi connectivity index (χ1v) is 5.06. The van der Waals surface area contributed by atoms with Crippen LogP contribution in [0.1, 0.15) is 32.6 Å². The van der Waals surface area contributed by atoms with Gasteiger partial charge in [0.25, 0.3) is 0 Å². The standard InChI is InChI=1S/C10H18N2O/c1-9-10(5-8-13-9)12-7-4-2-3-6-11/h9-10,12H,2-5,7-8H2,1H3. The van der Waals surface area contributed by atoms with Crippen LogP contribution in [0.5, 0.6) is 0 Å². The van der Waals surface area contributed by atoms with Crippen molar-refractivity contribution in [1.82, 2.24) is 5.32 Å². The van der Waals surface area contributed by atoms with Crippen molar-refractivity contribution in [2.45, 2.75) is 44.8 Å². The van der Waals surface area contributed by atoms with Crippen LogP contribution >= 0.6 is 0 Å². The van der Waals surface area contributed by atoms with Crippen LogP contribution in [0.15, 0.2) is 0 Å². The van der Waals surface area contributed by atoms with E-state index in [4.69, 9.17) is 10.00 Å². The van der Waals surface area contributed by atoms with Crippen LogP contribution in [0.2, 0.25) is 0 Å². The van der Waals surface area contributed by atoms with Gasteiger partial charge in [0.15, 0.2) is 0 Å². The lowest BCUT2D eigenvalue weighted by Gasteiger charge is -2.15. The fraction of sp³-hybridized carbons (Fsp3) is 0.900. The van der Waals surface area contributed by atoms with E-state index in [-0.39, 0.29) is 0 Å². The van der Waals surface area contributed by atoms with Gasteiger partial charge in [-0.05, 0) is 32.7 Å². The second kappa shape index (κ2) is 5.95. The molecular formula is C10H18N2O. The number of hydrogen-bond acceptors (Lipinski definition) is 3. The third kappa shape index (κ3) is 3.75. The average Bonchev–Trinajstić information content (AvgIpc) is 2.52. The van der Waals surface area contributed by atoms with Gasteiger partial charge in [-0.25, -0.2) is 0 Å². The van der Waals surface area contributed by atoms with E-state index >= 15 is 0 Å². The third-order valence-corrected chi connectivity index (χ3v) is 2.50. The highest BCUT2D eigenvalue weighted by atomic mass is 16.5. The van der Waals surface area contributed by atoms with Crippen molar-refractivity contribution in [2.75, 3.05) is 13.2 Å². The Bertz CT molecular complexity index is 176. The highest BCUT2D eigenvalue weighted by Gasteiger charge is 2.22. The van der Waals surface area contributed by atoms with Crippen molar-refractivity contribution in [3.63, 3.8) is 0 Å². The molecule has 1 aliphatic rings. The smallest absolute Gasteiger partial charge is 0.0700 e. The zero-order chi connectivity index (χ0) is 9.52. The summed E-state index contributed by atoms with van der Waals surface area (Å²) in [5.74, 6) is 0. The number of nitrogens with one attached hydrogen (secondary N) is 1. The van der Waals surface area contributed by atoms with Crippen LogP contribution in [-0.2, 0) is 4.74 Å². The summed E-state index contributed by atoms with van der Waals surface area (Å²) in [6, 6.07) is 2.68. The topological polar surface area (TPSA) is 45.0 Å². The first-order valence-electron chi connectivity index (χ1n) is 5.06. The number of nitrogens with zero attached hydrogens (tertiary/aromatic N) is 1. The van der Waals surface area contributed by atoms with Gasteiger partial charge < -0.3 is 10.1 Å². The van der Waals surface area contributed by atoms with Gasteiger partial charge in [0.2, 0.25) is 0 Å². The number of ether oxygens (including phenoxy) is 1. The zero-order valence-electron chi connectivity index (χ0n) is 8.25. The van der Waals surface area contributed by atoms with E-state index in [1.165, 1.54) is 0 Å². The van der Waals surface area contributed by atoms with Crippen LogP contribution in [0, 0.1) is 11.3 Å². The van der Waals surface area contributed by atoms with Crippen LogP contribution in [0.25, 0.3) is 0 Å². The second-order valence-corrected chi connectivity index (χ2v) is 3.54. The molecule has 13 heavy (non-hydrogen) atoms. The third-order valence-electron chi connectivity index (χ3n) is 2.50. The minimum absolute atomic E-state index is 0.357. The summed E-state index contributed by atoms with van der Waals surface area (Å²) in [6.45, 7) is 4.01. The predicted octanol–water partition coefficient (Wildman–Crippen LogP) is 1.45. The molecule has 0 saturated carbocycles. The molecule has 74 valence electrons. The Hall–Kier alpha value is -0.590. The first-order chi connectivity index (χ1) is 6.34. The molecule has 0 bridgehead atoms. The Kier molecular flexibility index (Phi) is 4.81. The molecule has 1 heterocycles. The molecule has 0 amide bonds. The number of unbranched alkanes of at least 4 members (excludes halogenated alkanes) is 2. The molecule has 3 nitrogen and oxygen atoms in total. The molecule has 1 aliphatic heterocycles. The van der Waals surface area contributed by atoms with Crippen LogP contribution in [-0.4, -0.2) is 25.3 Å². The summed E-state index contributed by atoms with van der Waals surface area (Å²) >= 11 is 0. The van der Waals surface area contributed by atoms with Gasteiger partial charge in [-0.3, -0.25) is 0 Å². The van der Waals surface area contributed by atoms with E-state index in [0.29, 0.717) is 18.6 Å². The zero-order valence-corrected chi connectivity index (χ0v) is 8.25. The van der Waals surface area contributed by atoms with E-state index in [0.717, 1.165) is 32.4 Å². The van der Waals surface area contributed by atoms with Gasteiger partial charge in [0, 0.05) is 19.1 Å². The molecular weight excluding hydrogens is 164 g/mol. The molecule has 1 fully saturated rings. The maximum Gasteiger partial charge on any atom is 0.0700 e. The molecule has 0 aromatic heterocycles. The predicted molar refractivity (Wildman–Crippen MR) is 51.3 cm³/mol. The Balaban J connectivity index is 1.96. The van der Waals surface area contributed by atoms with Gasteiger partial charge in [0.1, 0.15) is 0 Å². The monoisotopic (exact) mass is 182 g/mol. The first kappa shape index (κ1) is 10.5. The van der Waals surface area contributed by atoms with Gasteiger partial charge in [-0.15, -0.1) is 0 Å². The highest BCUT2D eigenvalue weighted by molar-refractivity contribution is 4.79. The lowest BCUT2D eigenvalue weighted by molar-refractivity contribution is 0.113. The van der Waals surface area contributed by atoms with E-state index in [1.807, 2.05) is 0 Å². The van der Waals surface area contributed by atoms with E-state index in [2.05, 4.69) is 18.3 Å². The summed E-state index contributed by atoms with van der Waals surface area (Å²) < 4.78 is 5.43. The fourth-order valence-corrected chi connectivity index (χ4v) is 1.62. The lowest BCUT2D eigenvalue weighted by Crippen LogP contribution is -2.35. The van der Waals surface area contributed by atoms with Crippen molar-refractivity contribution in [3.8, 4) is 6.07 Å². The molecule has 0 spiro atoms. The summed E-state index contributed by atoms with van der Waals surface area (Å²) in [5, 5.41) is 11.8. The van der Waals surface area contributed by atoms with Crippen molar-refractivity contribution < 1.29 is 4.74 Å². The molecule has 0 aromatic rings. The molecule has 1 rings (SSSR count). The molecule has 1 saturated heterocycles. The maximum absolute atomic E-state index is 8.33. The molecule has 0 aromatic carbocycles. The molecule has 0 aliphatic carbocycles. The Morgan fingerprint density at radius 1 is 1.54 bits per heavy atom. The van der Waals surface area contributed by atoms with E-state index < -0.39 is 0 Å². The Morgan fingerprint density at radius 2 is 2.38 bits per heavy atom. The SMILES string of the molecule is CC1OCCC1NCCCCC#N. The number of rotatable bonds is 5. The Morgan fingerprint density at radius 3 is 3.00 bits per heavy atom. The van der Waals surface area contributed by atoms with Crippen LogP contribution < -0.4 is 5.32 Å². The summed E-state index contributed by atoms with van der Waals surface area (Å²) in [7, 11) is 0. The van der Waals surface area contributed by atoms with Gasteiger partial charge in [-0.2, -0.15) is 5.26 Å². The fourth-order valence-electron chi connectivity index (χ4n) is 1.62.